The maximum atomic E-state index is 6.18. The first kappa shape index (κ1) is 32.3. The van der Waals surface area contributed by atoms with Gasteiger partial charge in [-0.15, -0.1) is 68.3 Å². The Labute approximate surface area is 269 Å². The Morgan fingerprint density at radius 1 is 0.575 bits per heavy atom. The van der Waals surface area contributed by atoms with Crippen molar-refractivity contribution in [3.05, 3.63) is 134 Å². The molecule has 0 atom stereocenters. The van der Waals surface area contributed by atoms with Crippen molar-refractivity contribution in [3.8, 4) is 22.3 Å². The summed E-state index contributed by atoms with van der Waals surface area (Å²) in [5.74, 6) is 0. The van der Waals surface area contributed by atoms with Gasteiger partial charge in [0.05, 0.1) is 8.07 Å². The van der Waals surface area contributed by atoms with Crippen LogP contribution in [0, 0.1) is 14.9 Å². The molecule has 0 spiro atoms. The first-order valence-corrected chi connectivity index (χ1v) is 16.1. The smallest absolute Gasteiger partial charge is 0.358 e. The van der Waals surface area contributed by atoms with Crippen molar-refractivity contribution in [1.29, 1.82) is 0 Å². The van der Waals surface area contributed by atoms with Gasteiger partial charge in [-0.25, -0.2) is 0 Å². The molecule has 0 saturated carbocycles. The zero-order chi connectivity index (χ0) is 25.6. The minimum absolute atomic E-state index is 0. The molecule has 0 nitrogen and oxygen atoms in total. The van der Waals surface area contributed by atoms with E-state index in [1.54, 1.807) is 0 Å². The summed E-state index contributed by atoms with van der Waals surface area (Å²) < 4.78 is 0. The summed E-state index contributed by atoms with van der Waals surface area (Å²) in [7, 11) is -1.97. The van der Waals surface area contributed by atoms with Gasteiger partial charge in [0.1, 0.15) is 0 Å². The molecular formula is C36H34Cl2HfSi. The summed E-state index contributed by atoms with van der Waals surface area (Å²) in [5, 5.41) is 9.88. The second-order valence-corrected chi connectivity index (χ2v) is 15.5. The zero-order valence-corrected chi connectivity index (χ0v) is 29.7. The van der Waals surface area contributed by atoms with Crippen molar-refractivity contribution in [3.63, 3.8) is 0 Å². The maximum absolute atomic E-state index is 6.18. The average Bonchev–Trinajstić information content (AvgIpc) is 3.56. The molecule has 6 aromatic carbocycles. The van der Waals surface area contributed by atoms with Crippen molar-refractivity contribution >= 4 is 63.2 Å². The monoisotopic (exact) mass is 744 g/mol. The van der Waals surface area contributed by atoms with Crippen molar-refractivity contribution in [2.75, 3.05) is 0 Å². The Kier molecular flexibility index (Phi) is 10.6. The molecule has 0 fully saturated rings. The van der Waals surface area contributed by atoms with Gasteiger partial charge in [0.25, 0.3) is 0 Å². The number of hydrogen-bond acceptors (Lipinski definition) is 0. The second kappa shape index (κ2) is 13.2. The van der Waals surface area contributed by atoms with Gasteiger partial charge in [-0.2, -0.15) is 12.1 Å². The average molecular weight is 744 g/mol. The molecule has 6 rings (SSSR count). The van der Waals surface area contributed by atoms with Crippen LogP contribution in [-0.4, -0.2) is 8.07 Å². The minimum atomic E-state index is -1.97. The molecule has 4 heteroatoms. The molecule has 200 valence electrons. The zero-order valence-electron chi connectivity index (χ0n) is 23.6. The first-order chi connectivity index (χ1) is 18.0. The van der Waals surface area contributed by atoms with Crippen LogP contribution in [-0.2, 0) is 25.8 Å². The largest absolute Gasteiger partial charge is 4.00 e. The van der Waals surface area contributed by atoms with E-state index in [-0.39, 0.29) is 40.7 Å². The standard InChI is InChI=1S/C34H28Cl2Si.2CH3.Hf/c1-3-37(4-2,29-19-25-7-5-9-31(33(25)21-29)23-11-15-27(35)16-12-23)30-20-26-8-6-10-32(34(26)22-30)24-13-17-28(36)18-14-24;;;/h5-22H,3-4H2,1-2H3;2*1H3;/q-2;2*-1;+4. The Balaban J connectivity index is 0.00000147. The molecule has 0 amide bonds. The van der Waals surface area contributed by atoms with E-state index in [9.17, 15) is 0 Å². The first-order valence-electron chi connectivity index (χ1n) is 12.9. The number of fused-ring (bicyclic) bond motifs is 2. The van der Waals surface area contributed by atoms with E-state index in [1.807, 2.05) is 24.3 Å². The molecule has 6 aromatic rings. The van der Waals surface area contributed by atoms with Crippen LogP contribution in [0.4, 0.5) is 0 Å². The third kappa shape index (κ3) is 5.61. The van der Waals surface area contributed by atoms with Crippen molar-refractivity contribution in [2.24, 2.45) is 0 Å². The molecule has 0 saturated heterocycles. The molecule has 0 N–H and O–H groups in total. The molecule has 0 aliphatic heterocycles. The van der Waals surface area contributed by atoms with Gasteiger partial charge in [0.15, 0.2) is 0 Å². The SMILES string of the molecule is CC[Si](CC)(c1cc2c(-c3ccc(Cl)cc3)cccc2[cH-]1)c1cc2c(-c3ccc(Cl)cc3)cccc2[cH-]1.[CH3-].[CH3-].[Hf+4]. The number of rotatable bonds is 6. The Morgan fingerprint density at radius 2 is 0.950 bits per heavy atom. The minimum Gasteiger partial charge on any atom is -0.358 e. The summed E-state index contributed by atoms with van der Waals surface area (Å²) >= 11 is 12.4. The van der Waals surface area contributed by atoms with Gasteiger partial charge in [0, 0.05) is 10.0 Å². The fourth-order valence-electron chi connectivity index (χ4n) is 6.02. The van der Waals surface area contributed by atoms with Crippen molar-refractivity contribution in [1.82, 2.24) is 0 Å². The van der Waals surface area contributed by atoms with E-state index >= 15 is 0 Å². The molecule has 0 bridgehead atoms. The third-order valence-electron chi connectivity index (χ3n) is 8.12. The summed E-state index contributed by atoms with van der Waals surface area (Å²) in [4.78, 5) is 0. The molecule has 0 radical (unpaired) electrons. The maximum Gasteiger partial charge on any atom is 4.00 e. The predicted octanol–water partition coefficient (Wildman–Crippen LogP) is 10.6. The van der Waals surface area contributed by atoms with Crippen LogP contribution in [0.5, 0.6) is 0 Å². The predicted molar refractivity (Wildman–Crippen MR) is 179 cm³/mol. The topological polar surface area (TPSA) is 0 Å². The number of benzene rings is 4. The Bertz CT molecular complexity index is 1580. The van der Waals surface area contributed by atoms with Crippen LogP contribution in [0.25, 0.3) is 43.8 Å². The van der Waals surface area contributed by atoms with Crippen LogP contribution < -0.4 is 10.4 Å². The molecule has 0 heterocycles. The van der Waals surface area contributed by atoms with Gasteiger partial charge in [0.2, 0.25) is 0 Å². The Hall–Kier alpha value is -2.23. The van der Waals surface area contributed by atoms with E-state index in [0.29, 0.717) is 0 Å². The van der Waals surface area contributed by atoms with Crippen molar-refractivity contribution in [2.45, 2.75) is 25.9 Å². The van der Waals surface area contributed by atoms with Crippen LogP contribution in [0.15, 0.2) is 109 Å². The molecule has 0 aliphatic carbocycles. The van der Waals surface area contributed by atoms with Gasteiger partial charge in [-0.1, -0.05) is 96.7 Å². The van der Waals surface area contributed by atoms with E-state index in [2.05, 4.69) is 98.8 Å². The summed E-state index contributed by atoms with van der Waals surface area (Å²) in [6, 6.07) is 41.9. The third-order valence-corrected chi connectivity index (χ3v) is 13.8. The van der Waals surface area contributed by atoms with Crippen LogP contribution in [0.1, 0.15) is 13.8 Å². The van der Waals surface area contributed by atoms with Crippen molar-refractivity contribution < 1.29 is 25.8 Å². The quantitative estimate of drug-likeness (QED) is 0.118. The van der Waals surface area contributed by atoms with Gasteiger partial charge in [-0.05, 0) is 35.4 Å². The second-order valence-electron chi connectivity index (χ2n) is 9.91. The van der Waals surface area contributed by atoms with E-state index < -0.39 is 8.07 Å². The van der Waals surface area contributed by atoms with Gasteiger partial charge >= 0.3 is 25.8 Å². The van der Waals surface area contributed by atoms with E-state index in [0.717, 1.165) is 10.0 Å². The van der Waals surface area contributed by atoms with Crippen LogP contribution in [0.3, 0.4) is 0 Å². The summed E-state index contributed by atoms with van der Waals surface area (Å²) in [6.45, 7) is 4.76. The Morgan fingerprint density at radius 3 is 1.30 bits per heavy atom. The fraction of sp³-hybridized carbons (Fsp3) is 0.111. The van der Waals surface area contributed by atoms with Crippen LogP contribution in [0.2, 0.25) is 22.1 Å². The van der Waals surface area contributed by atoms with Gasteiger partial charge < -0.3 is 14.9 Å². The molecule has 40 heavy (non-hydrogen) atoms. The summed E-state index contributed by atoms with van der Waals surface area (Å²) in [5.41, 5.74) is 4.96. The van der Waals surface area contributed by atoms with Gasteiger partial charge in [-0.3, -0.25) is 0 Å². The molecule has 0 aromatic heterocycles. The molecular weight excluding hydrogens is 710 g/mol. The van der Waals surface area contributed by atoms with Crippen LogP contribution >= 0.6 is 23.2 Å². The summed E-state index contributed by atoms with van der Waals surface area (Å²) in [6.07, 6.45) is 0. The fourth-order valence-corrected chi connectivity index (χ4v) is 10.4. The van der Waals surface area contributed by atoms with E-state index in [4.69, 9.17) is 23.2 Å². The number of halogens is 2. The molecule has 0 aliphatic rings. The number of hydrogen-bond donors (Lipinski definition) is 0. The normalized spacial score (nSPS) is 11.1. The van der Waals surface area contributed by atoms with E-state index in [1.165, 1.54) is 66.3 Å². The molecule has 0 unspecified atom stereocenters.